The van der Waals surface area contributed by atoms with Crippen LogP contribution in [-0.2, 0) is 17.9 Å². The molecule has 0 aliphatic carbocycles. The molecule has 0 fully saturated rings. The summed E-state index contributed by atoms with van der Waals surface area (Å²) in [6, 6.07) is 4.66. The summed E-state index contributed by atoms with van der Waals surface area (Å²) in [6.45, 7) is 6.19. The monoisotopic (exact) mass is 493 g/mol. The van der Waals surface area contributed by atoms with Gasteiger partial charge in [0.1, 0.15) is 17.3 Å². The molecule has 0 aliphatic rings. The largest absolute Gasteiger partial charge is 0.480 e. The van der Waals surface area contributed by atoms with Gasteiger partial charge >= 0.3 is 0 Å². The molecule has 0 atom stereocenters. The third kappa shape index (κ3) is 4.53. The van der Waals surface area contributed by atoms with E-state index in [0.717, 1.165) is 10.0 Å². The Morgan fingerprint density at radius 3 is 2.80 bits per heavy atom. The number of rotatable bonds is 8. The number of fused-ring (bicyclic) bond motifs is 1. The van der Waals surface area contributed by atoms with Gasteiger partial charge in [-0.15, -0.1) is 17.9 Å². The second-order valence-corrected chi connectivity index (χ2v) is 8.44. The van der Waals surface area contributed by atoms with Crippen LogP contribution in [0.5, 0.6) is 5.88 Å². The van der Waals surface area contributed by atoms with Crippen LogP contribution in [0, 0.1) is 12.7 Å². The van der Waals surface area contributed by atoms with Gasteiger partial charge < -0.3 is 14.4 Å². The van der Waals surface area contributed by atoms with Gasteiger partial charge in [0.25, 0.3) is 5.91 Å². The van der Waals surface area contributed by atoms with E-state index in [0.29, 0.717) is 32.4 Å². The first kappa shape index (κ1) is 22.3. The highest BCUT2D eigenvalue weighted by atomic mass is 79.9. The van der Waals surface area contributed by atoms with E-state index in [9.17, 15) is 9.18 Å². The molecular weight excluding hydrogens is 473 g/mol. The summed E-state index contributed by atoms with van der Waals surface area (Å²) in [5, 5.41) is 0.692. The Morgan fingerprint density at radius 2 is 2.13 bits per heavy atom. The molecule has 0 radical (unpaired) electrons. The van der Waals surface area contributed by atoms with Crippen LogP contribution in [0.4, 0.5) is 4.39 Å². The van der Waals surface area contributed by atoms with Crippen molar-refractivity contribution < 1.29 is 18.7 Å². The van der Waals surface area contributed by atoms with E-state index in [1.165, 1.54) is 24.5 Å². The zero-order chi connectivity index (χ0) is 21.8. The number of benzene rings is 1. The summed E-state index contributed by atoms with van der Waals surface area (Å²) in [5.74, 6) is 0.268. The minimum Gasteiger partial charge on any atom is -0.480 e. The van der Waals surface area contributed by atoms with E-state index in [1.807, 2.05) is 6.92 Å². The van der Waals surface area contributed by atoms with E-state index in [-0.39, 0.29) is 31.4 Å². The molecule has 2 aromatic heterocycles. The maximum atomic E-state index is 14.3. The number of amides is 1. The molecule has 0 aliphatic heterocycles. The molecule has 3 aromatic rings. The summed E-state index contributed by atoms with van der Waals surface area (Å²) in [4.78, 5) is 24.9. The van der Waals surface area contributed by atoms with E-state index in [2.05, 4.69) is 32.5 Å². The second-order valence-electron chi connectivity index (χ2n) is 6.53. The first-order valence-electron chi connectivity index (χ1n) is 9.06. The number of ether oxygens (including phenoxy) is 2. The third-order valence-corrected chi connectivity index (χ3v) is 6.14. The number of thiophene rings is 1. The number of aryl methyl sites for hydroxylation is 1. The molecule has 1 aromatic carbocycles. The lowest BCUT2D eigenvalue weighted by Crippen LogP contribution is -2.31. The lowest BCUT2D eigenvalue weighted by Gasteiger charge is -2.21. The number of methoxy groups -OCH3 is 2. The fraction of sp³-hybridized carbons (Fsp3) is 0.286. The number of hydrogen-bond acceptors (Lipinski definition) is 6. The van der Waals surface area contributed by atoms with E-state index >= 15 is 0 Å². The van der Waals surface area contributed by atoms with Gasteiger partial charge in [-0.2, -0.15) is 4.98 Å². The summed E-state index contributed by atoms with van der Waals surface area (Å²) in [6.07, 6.45) is 1.62. The maximum Gasteiger partial charge on any atom is 0.264 e. The number of carbonyl (C=O) groups is 1. The average molecular weight is 494 g/mol. The van der Waals surface area contributed by atoms with Gasteiger partial charge in [0.2, 0.25) is 5.88 Å². The summed E-state index contributed by atoms with van der Waals surface area (Å²) in [5.41, 5.74) is 1.14. The normalized spacial score (nSPS) is 11.0. The Bertz CT molecular complexity index is 1100. The zero-order valence-corrected chi connectivity index (χ0v) is 19.3. The fourth-order valence-corrected chi connectivity index (χ4v) is 4.65. The van der Waals surface area contributed by atoms with Gasteiger partial charge in [0.15, 0.2) is 5.82 Å². The molecule has 0 saturated carbocycles. The van der Waals surface area contributed by atoms with E-state index in [1.54, 1.807) is 30.2 Å². The first-order chi connectivity index (χ1) is 14.4. The molecule has 0 bridgehead atoms. The zero-order valence-electron chi connectivity index (χ0n) is 16.9. The van der Waals surface area contributed by atoms with Gasteiger partial charge in [-0.25, -0.2) is 9.37 Å². The third-order valence-electron chi connectivity index (χ3n) is 4.47. The van der Waals surface area contributed by atoms with Crippen LogP contribution in [0.3, 0.4) is 0 Å². The highest BCUT2D eigenvalue weighted by Gasteiger charge is 2.25. The number of halogens is 2. The first-order valence-corrected chi connectivity index (χ1v) is 10.7. The van der Waals surface area contributed by atoms with Gasteiger partial charge in [0, 0.05) is 30.2 Å². The van der Waals surface area contributed by atoms with Crippen LogP contribution < -0.4 is 4.74 Å². The number of aromatic nitrogens is 2. The molecule has 6 nitrogen and oxygen atoms in total. The average Bonchev–Trinajstić information content (AvgIpc) is 3.06. The Morgan fingerprint density at radius 1 is 1.37 bits per heavy atom. The molecule has 0 spiro atoms. The van der Waals surface area contributed by atoms with Crippen molar-refractivity contribution >= 4 is 43.4 Å². The summed E-state index contributed by atoms with van der Waals surface area (Å²) >= 11 is 4.61. The second kappa shape index (κ2) is 9.63. The molecule has 0 unspecified atom stereocenters. The Balaban J connectivity index is 2.03. The quantitative estimate of drug-likeness (QED) is 0.418. The van der Waals surface area contributed by atoms with Crippen LogP contribution in [0.15, 0.2) is 35.3 Å². The molecular formula is C21H21BrFN3O3S. The van der Waals surface area contributed by atoms with Crippen molar-refractivity contribution in [2.24, 2.45) is 0 Å². The highest BCUT2D eigenvalue weighted by Crippen LogP contribution is 2.36. The van der Waals surface area contributed by atoms with Crippen LogP contribution in [0.25, 0.3) is 10.2 Å². The van der Waals surface area contributed by atoms with Crippen LogP contribution in [0.1, 0.15) is 26.6 Å². The number of nitrogens with zero attached hydrogens (tertiary/aromatic N) is 3. The van der Waals surface area contributed by atoms with Crippen LogP contribution >= 0.6 is 27.3 Å². The van der Waals surface area contributed by atoms with Gasteiger partial charge in [-0.05, 0) is 30.7 Å². The Labute approximate surface area is 186 Å². The van der Waals surface area contributed by atoms with Gasteiger partial charge in [-0.1, -0.05) is 22.0 Å². The van der Waals surface area contributed by atoms with E-state index in [4.69, 9.17) is 9.47 Å². The van der Waals surface area contributed by atoms with Crippen molar-refractivity contribution in [1.82, 2.24) is 14.9 Å². The van der Waals surface area contributed by atoms with Crippen LogP contribution in [-0.4, -0.2) is 41.5 Å². The lowest BCUT2D eigenvalue weighted by atomic mass is 10.1. The predicted octanol–water partition coefficient (Wildman–Crippen LogP) is 4.88. The summed E-state index contributed by atoms with van der Waals surface area (Å²) in [7, 11) is 3.08. The van der Waals surface area contributed by atoms with Crippen molar-refractivity contribution in [2.45, 2.75) is 20.1 Å². The smallest absolute Gasteiger partial charge is 0.264 e. The van der Waals surface area contributed by atoms with Gasteiger partial charge in [0.05, 0.1) is 17.4 Å². The predicted molar refractivity (Wildman–Crippen MR) is 118 cm³/mol. The van der Waals surface area contributed by atoms with Crippen molar-refractivity contribution in [3.8, 4) is 5.88 Å². The minimum atomic E-state index is -0.370. The molecule has 3 rings (SSSR count). The standard InChI is InChI=1S/C21H21BrFN3O3S/c1-5-8-26(10-13-9-14(22)6-7-15(13)23)21(27)18-12(2)17-19(29-4)24-16(11-28-3)25-20(17)30-18/h5-7,9H,1,8,10-11H2,2-4H3. The highest BCUT2D eigenvalue weighted by molar-refractivity contribution is 9.10. The van der Waals surface area contributed by atoms with E-state index < -0.39 is 0 Å². The van der Waals surface area contributed by atoms with Crippen molar-refractivity contribution in [3.05, 3.63) is 63.0 Å². The van der Waals surface area contributed by atoms with Crippen molar-refractivity contribution in [3.63, 3.8) is 0 Å². The maximum absolute atomic E-state index is 14.3. The SMILES string of the molecule is C=CCN(Cc1cc(Br)ccc1F)C(=O)c1sc2nc(COC)nc(OC)c2c1C. The molecule has 0 N–H and O–H groups in total. The molecule has 1 amide bonds. The molecule has 2 heterocycles. The Kier molecular flexibility index (Phi) is 7.17. The fourth-order valence-electron chi connectivity index (χ4n) is 3.08. The summed E-state index contributed by atoms with van der Waals surface area (Å²) < 4.78 is 25.6. The molecule has 9 heteroatoms. The van der Waals surface area contributed by atoms with Crippen molar-refractivity contribution in [2.75, 3.05) is 20.8 Å². The minimum absolute atomic E-state index is 0.113. The lowest BCUT2D eigenvalue weighted by molar-refractivity contribution is 0.0765. The van der Waals surface area contributed by atoms with Crippen LogP contribution in [0.2, 0.25) is 0 Å². The number of hydrogen-bond donors (Lipinski definition) is 0. The van der Waals surface area contributed by atoms with Crippen molar-refractivity contribution in [1.29, 1.82) is 0 Å². The molecule has 0 saturated heterocycles. The number of carbonyl (C=O) groups excluding carboxylic acids is 1. The molecule has 30 heavy (non-hydrogen) atoms. The topological polar surface area (TPSA) is 64.6 Å². The Hall–Kier alpha value is -2.36. The molecule has 158 valence electrons. The van der Waals surface area contributed by atoms with Gasteiger partial charge in [-0.3, -0.25) is 4.79 Å².